The second kappa shape index (κ2) is 5.70. The summed E-state index contributed by atoms with van der Waals surface area (Å²) in [5.41, 5.74) is 0.233. The molecule has 2 atom stereocenters. The third-order valence-electron chi connectivity index (χ3n) is 3.40. The molecule has 0 bridgehead atoms. The molecule has 1 aliphatic carbocycles. The number of ether oxygens (including phenoxy) is 1. The van der Waals surface area contributed by atoms with E-state index in [9.17, 15) is 9.59 Å². The zero-order chi connectivity index (χ0) is 13.8. The molecule has 1 N–H and O–H groups in total. The average molecular weight is 260 g/mol. The molecule has 19 heavy (non-hydrogen) atoms. The number of carbonyl (C=O) groups is 1. The van der Waals surface area contributed by atoms with Gasteiger partial charge < -0.3 is 9.72 Å². The number of nitriles is 1. The van der Waals surface area contributed by atoms with E-state index in [1.807, 2.05) is 0 Å². The Hall–Kier alpha value is -2.09. The highest BCUT2D eigenvalue weighted by Crippen LogP contribution is 2.26. The summed E-state index contributed by atoms with van der Waals surface area (Å²) < 4.78 is 5.32. The Bertz CT molecular complexity index is 571. The first-order chi connectivity index (χ1) is 9.11. The SMILES string of the molecule is Cc1ccc(C(=O)OC2CCCCC2C#N)c(=O)[nH]1. The first-order valence-electron chi connectivity index (χ1n) is 6.42. The maximum atomic E-state index is 12.0. The molecule has 0 aliphatic heterocycles. The highest BCUT2D eigenvalue weighted by atomic mass is 16.5. The lowest BCUT2D eigenvalue weighted by Crippen LogP contribution is -2.31. The largest absolute Gasteiger partial charge is 0.457 e. The summed E-state index contributed by atoms with van der Waals surface area (Å²) in [4.78, 5) is 26.2. The van der Waals surface area contributed by atoms with Crippen LogP contribution in [0.5, 0.6) is 0 Å². The number of nitrogens with zero attached hydrogens (tertiary/aromatic N) is 1. The minimum Gasteiger partial charge on any atom is -0.457 e. The number of esters is 1. The van der Waals surface area contributed by atoms with Gasteiger partial charge >= 0.3 is 5.97 Å². The molecule has 1 fully saturated rings. The highest BCUT2D eigenvalue weighted by Gasteiger charge is 2.29. The number of aryl methyl sites for hydroxylation is 1. The monoisotopic (exact) mass is 260 g/mol. The Morgan fingerprint density at radius 3 is 2.84 bits per heavy atom. The van der Waals surface area contributed by atoms with Crippen molar-refractivity contribution in [1.29, 1.82) is 5.26 Å². The van der Waals surface area contributed by atoms with Crippen molar-refractivity contribution in [3.05, 3.63) is 33.7 Å². The molecule has 1 heterocycles. The summed E-state index contributed by atoms with van der Waals surface area (Å²) in [6, 6.07) is 5.28. The van der Waals surface area contributed by atoms with Gasteiger partial charge in [0.15, 0.2) is 0 Å². The number of nitrogens with one attached hydrogen (secondary N) is 1. The Balaban J connectivity index is 2.12. The van der Waals surface area contributed by atoms with Crippen molar-refractivity contribution in [2.75, 3.05) is 0 Å². The fourth-order valence-electron chi connectivity index (χ4n) is 2.32. The van der Waals surface area contributed by atoms with E-state index in [1.54, 1.807) is 13.0 Å². The smallest absolute Gasteiger partial charge is 0.344 e. The van der Waals surface area contributed by atoms with Crippen molar-refractivity contribution in [2.45, 2.75) is 38.7 Å². The van der Waals surface area contributed by atoms with Crippen molar-refractivity contribution < 1.29 is 9.53 Å². The predicted molar refractivity (Wildman–Crippen MR) is 68.6 cm³/mol. The molecule has 1 aliphatic rings. The zero-order valence-electron chi connectivity index (χ0n) is 10.8. The summed E-state index contributed by atoms with van der Waals surface area (Å²) in [6.07, 6.45) is 2.97. The number of pyridine rings is 1. The Labute approximate surface area is 111 Å². The number of H-pyrrole nitrogens is 1. The molecule has 0 spiro atoms. The van der Waals surface area contributed by atoms with Crippen molar-refractivity contribution in [1.82, 2.24) is 4.98 Å². The van der Waals surface area contributed by atoms with Gasteiger partial charge in [-0.2, -0.15) is 5.26 Å². The minimum atomic E-state index is -0.645. The van der Waals surface area contributed by atoms with Crippen LogP contribution in [0.15, 0.2) is 16.9 Å². The van der Waals surface area contributed by atoms with Crippen LogP contribution in [0.4, 0.5) is 0 Å². The molecule has 1 saturated carbocycles. The number of carbonyl (C=O) groups excluding carboxylic acids is 1. The van der Waals surface area contributed by atoms with Crippen LogP contribution in [0.1, 0.15) is 41.7 Å². The van der Waals surface area contributed by atoms with Crippen molar-refractivity contribution in [3.8, 4) is 6.07 Å². The maximum absolute atomic E-state index is 12.0. The molecule has 0 aromatic carbocycles. The lowest BCUT2D eigenvalue weighted by atomic mass is 9.87. The van der Waals surface area contributed by atoms with Gasteiger partial charge in [-0.1, -0.05) is 6.42 Å². The molecular weight excluding hydrogens is 244 g/mol. The van der Waals surface area contributed by atoms with E-state index in [0.717, 1.165) is 19.3 Å². The van der Waals surface area contributed by atoms with Gasteiger partial charge in [0.05, 0.1) is 12.0 Å². The van der Waals surface area contributed by atoms with Crippen LogP contribution >= 0.6 is 0 Å². The quantitative estimate of drug-likeness (QED) is 0.823. The van der Waals surface area contributed by atoms with Gasteiger partial charge in [-0.25, -0.2) is 4.79 Å². The average Bonchev–Trinajstić information content (AvgIpc) is 2.39. The minimum absolute atomic E-state index is 0.00661. The molecule has 5 heteroatoms. The Morgan fingerprint density at radius 1 is 1.42 bits per heavy atom. The fourth-order valence-corrected chi connectivity index (χ4v) is 2.32. The number of aromatic amines is 1. The molecule has 2 unspecified atom stereocenters. The van der Waals surface area contributed by atoms with Gasteiger partial charge in [0.2, 0.25) is 0 Å². The predicted octanol–water partition coefficient (Wildman–Crippen LogP) is 1.92. The van der Waals surface area contributed by atoms with E-state index >= 15 is 0 Å². The summed E-state index contributed by atoms with van der Waals surface area (Å²) in [7, 11) is 0. The fraction of sp³-hybridized carbons (Fsp3) is 0.500. The summed E-state index contributed by atoms with van der Waals surface area (Å²) in [6.45, 7) is 1.74. The first kappa shape index (κ1) is 13.3. The third kappa shape index (κ3) is 3.02. The van der Waals surface area contributed by atoms with E-state index in [1.165, 1.54) is 6.07 Å². The maximum Gasteiger partial charge on any atom is 0.344 e. The second-order valence-corrected chi connectivity index (χ2v) is 4.85. The normalized spacial score (nSPS) is 22.5. The van der Waals surface area contributed by atoms with E-state index in [-0.39, 0.29) is 11.5 Å². The van der Waals surface area contributed by atoms with E-state index < -0.39 is 17.6 Å². The Morgan fingerprint density at radius 2 is 2.16 bits per heavy atom. The molecule has 0 saturated heterocycles. The molecule has 0 amide bonds. The van der Waals surface area contributed by atoms with Gasteiger partial charge in [-0.15, -0.1) is 0 Å². The van der Waals surface area contributed by atoms with Crippen molar-refractivity contribution in [2.24, 2.45) is 5.92 Å². The number of hydrogen-bond donors (Lipinski definition) is 1. The first-order valence-corrected chi connectivity index (χ1v) is 6.42. The molecule has 0 radical (unpaired) electrons. The van der Waals surface area contributed by atoms with E-state index in [2.05, 4.69) is 11.1 Å². The number of hydrogen-bond acceptors (Lipinski definition) is 4. The molecule has 5 nitrogen and oxygen atoms in total. The van der Waals surface area contributed by atoms with Crippen LogP contribution in [0, 0.1) is 24.2 Å². The Kier molecular flexibility index (Phi) is 4.00. The number of aromatic nitrogens is 1. The molecule has 1 aromatic rings. The van der Waals surface area contributed by atoms with Crippen LogP contribution in [0.3, 0.4) is 0 Å². The second-order valence-electron chi connectivity index (χ2n) is 4.85. The van der Waals surface area contributed by atoms with Crippen molar-refractivity contribution in [3.63, 3.8) is 0 Å². The van der Waals surface area contributed by atoms with Crippen LogP contribution in [-0.4, -0.2) is 17.1 Å². The van der Waals surface area contributed by atoms with Crippen LogP contribution in [0.2, 0.25) is 0 Å². The van der Waals surface area contributed by atoms with Crippen LogP contribution in [-0.2, 0) is 4.74 Å². The molecule has 1 aromatic heterocycles. The summed E-state index contributed by atoms with van der Waals surface area (Å²) >= 11 is 0. The molecule has 2 rings (SSSR count). The van der Waals surface area contributed by atoms with E-state index in [0.29, 0.717) is 12.1 Å². The van der Waals surface area contributed by atoms with E-state index in [4.69, 9.17) is 10.00 Å². The highest BCUT2D eigenvalue weighted by molar-refractivity contribution is 5.89. The molecular formula is C14H16N2O3. The number of rotatable bonds is 2. The van der Waals surface area contributed by atoms with Gasteiger partial charge in [0, 0.05) is 5.69 Å². The zero-order valence-corrected chi connectivity index (χ0v) is 10.8. The summed E-state index contributed by atoms with van der Waals surface area (Å²) in [5.74, 6) is -0.907. The van der Waals surface area contributed by atoms with Crippen LogP contribution < -0.4 is 5.56 Å². The van der Waals surface area contributed by atoms with Crippen molar-refractivity contribution >= 4 is 5.97 Å². The van der Waals surface area contributed by atoms with Crippen LogP contribution in [0.25, 0.3) is 0 Å². The standard InChI is InChI=1S/C14H16N2O3/c1-9-6-7-11(13(17)16-9)14(18)19-12-5-3-2-4-10(12)8-15/h6-7,10,12H,2-5H2,1H3,(H,16,17). The lowest BCUT2D eigenvalue weighted by molar-refractivity contribution is 0.0105. The molecule has 100 valence electrons. The third-order valence-corrected chi connectivity index (χ3v) is 3.40. The van der Waals surface area contributed by atoms with Gasteiger partial charge in [0.25, 0.3) is 5.56 Å². The summed E-state index contributed by atoms with van der Waals surface area (Å²) in [5, 5.41) is 9.03. The van der Waals surface area contributed by atoms with Gasteiger partial charge in [-0.05, 0) is 38.3 Å². The lowest BCUT2D eigenvalue weighted by Gasteiger charge is -2.26. The van der Waals surface area contributed by atoms with Gasteiger partial charge in [-0.3, -0.25) is 4.79 Å². The topological polar surface area (TPSA) is 82.9 Å². The van der Waals surface area contributed by atoms with Gasteiger partial charge in [0.1, 0.15) is 11.7 Å².